The van der Waals surface area contributed by atoms with Crippen molar-refractivity contribution < 1.29 is 43.5 Å². The standard InChI is InChI=1S/C50H78O9/c1-33(2)35-11-15-41-37(27-35)13-17-43-47(41,5)19-9-21-49(43,7)45(53)58-31-39(51)29-56-25-23-55-24-26-57-30-40(52)32-59-46(54)50(8)22-10-20-48(6)42-16-12-36(34(3)4)28-38(42)14-18-44(48)50/h13-14,27-28,33-34,39-44,51-52H,9-12,15-26,29-32H2,1-8H3. The van der Waals surface area contributed by atoms with Crippen molar-refractivity contribution in [3.8, 4) is 0 Å². The number of allylic oxidation sites excluding steroid dienone is 8. The lowest BCUT2D eigenvalue weighted by atomic mass is 9.47. The number of carbonyl (C=O) groups excluding carboxylic acids is 2. The van der Waals surface area contributed by atoms with Gasteiger partial charge in [-0.25, -0.2) is 0 Å². The van der Waals surface area contributed by atoms with Crippen molar-refractivity contribution in [2.45, 2.75) is 145 Å². The molecule has 0 aliphatic heterocycles. The Labute approximate surface area is 355 Å². The number of fused-ring (bicyclic) bond motifs is 6. The number of aliphatic hydroxyl groups is 2. The van der Waals surface area contributed by atoms with Crippen molar-refractivity contribution >= 4 is 11.9 Å². The number of ether oxygens (including phenoxy) is 5. The molecule has 0 spiro atoms. The molecule has 0 saturated heterocycles. The number of esters is 2. The zero-order valence-corrected chi connectivity index (χ0v) is 37.8. The predicted octanol–water partition coefficient (Wildman–Crippen LogP) is 9.11. The fourth-order valence-corrected chi connectivity index (χ4v) is 12.7. The molecule has 2 saturated carbocycles. The Kier molecular flexibility index (Phi) is 15.2. The largest absolute Gasteiger partial charge is 0.462 e. The third kappa shape index (κ3) is 9.85. The van der Waals surface area contributed by atoms with Gasteiger partial charge in [0.15, 0.2) is 0 Å². The van der Waals surface area contributed by atoms with Crippen LogP contribution in [0.15, 0.2) is 46.6 Å². The maximum atomic E-state index is 13.7. The van der Waals surface area contributed by atoms with Crippen LogP contribution in [0.5, 0.6) is 0 Å². The van der Waals surface area contributed by atoms with Crippen LogP contribution in [0.2, 0.25) is 0 Å². The summed E-state index contributed by atoms with van der Waals surface area (Å²) >= 11 is 0. The van der Waals surface area contributed by atoms with Crippen LogP contribution < -0.4 is 0 Å². The second-order valence-electron chi connectivity index (χ2n) is 20.7. The Morgan fingerprint density at radius 3 is 1.39 bits per heavy atom. The molecule has 9 nitrogen and oxygen atoms in total. The molecule has 9 heteroatoms. The minimum atomic E-state index is -0.919. The van der Waals surface area contributed by atoms with Gasteiger partial charge in [0, 0.05) is 0 Å². The van der Waals surface area contributed by atoms with Crippen LogP contribution in [-0.4, -0.2) is 87.2 Å². The Hall–Kier alpha value is -2.30. The first-order valence-electron chi connectivity index (χ1n) is 23.3. The molecule has 0 aromatic rings. The van der Waals surface area contributed by atoms with E-state index in [1.165, 1.54) is 22.3 Å². The molecule has 6 rings (SSSR count). The second-order valence-corrected chi connectivity index (χ2v) is 20.7. The summed E-state index contributed by atoms with van der Waals surface area (Å²) in [6, 6.07) is 0. The minimum absolute atomic E-state index is 0.0441. The van der Waals surface area contributed by atoms with E-state index in [-0.39, 0.29) is 74.2 Å². The topological polar surface area (TPSA) is 121 Å². The van der Waals surface area contributed by atoms with Crippen LogP contribution in [0.1, 0.15) is 132 Å². The summed E-state index contributed by atoms with van der Waals surface area (Å²) in [7, 11) is 0. The van der Waals surface area contributed by atoms with Gasteiger partial charge in [0.25, 0.3) is 0 Å². The molecule has 6 aliphatic carbocycles. The van der Waals surface area contributed by atoms with E-state index in [1.54, 1.807) is 0 Å². The predicted molar refractivity (Wildman–Crippen MR) is 230 cm³/mol. The third-order valence-electron chi connectivity index (χ3n) is 16.3. The summed E-state index contributed by atoms with van der Waals surface area (Å²) in [6.07, 6.45) is 20.1. The maximum absolute atomic E-state index is 13.7. The molecule has 10 unspecified atom stereocenters. The van der Waals surface area contributed by atoms with Crippen LogP contribution in [0.3, 0.4) is 0 Å². The van der Waals surface area contributed by atoms with Crippen LogP contribution in [-0.2, 0) is 33.3 Å². The minimum Gasteiger partial charge on any atom is -0.462 e. The van der Waals surface area contributed by atoms with Gasteiger partial charge in [0.2, 0.25) is 0 Å². The summed E-state index contributed by atoms with van der Waals surface area (Å²) in [5.74, 6) is 2.13. The molecule has 332 valence electrons. The molecular weight excluding hydrogens is 745 g/mol. The molecule has 59 heavy (non-hydrogen) atoms. The number of aliphatic hydroxyl groups excluding tert-OH is 2. The molecule has 0 aromatic carbocycles. The van der Waals surface area contributed by atoms with E-state index >= 15 is 0 Å². The molecule has 0 aromatic heterocycles. The van der Waals surface area contributed by atoms with Crippen molar-refractivity contribution in [3.05, 3.63) is 46.6 Å². The number of hydrogen-bond acceptors (Lipinski definition) is 9. The van der Waals surface area contributed by atoms with E-state index in [1.807, 2.05) is 0 Å². The molecule has 0 heterocycles. The van der Waals surface area contributed by atoms with Gasteiger partial charge in [-0.05, 0) is 136 Å². The van der Waals surface area contributed by atoms with Crippen molar-refractivity contribution in [3.63, 3.8) is 0 Å². The number of hydrogen-bond donors (Lipinski definition) is 2. The van der Waals surface area contributed by atoms with Crippen LogP contribution in [0.4, 0.5) is 0 Å². The molecule has 0 bridgehead atoms. The summed E-state index contributed by atoms with van der Waals surface area (Å²) in [4.78, 5) is 27.3. The van der Waals surface area contributed by atoms with E-state index in [0.29, 0.717) is 36.9 Å². The smallest absolute Gasteiger partial charge is 0.312 e. The Morgan fingerprint density at radius 2 is 1.00 bits per heavy atom. The summed E-state index contributed by atoms with van der Waals surface area (Å²) in [5, 5.41) is 21.1. The van der Waals surface area contributed by atoms with Gasteiger partial charge in [-0.2, -0.15) is 0 Å². The van der Waals surface area contributed by atoms with Crippen LogP contribution >= 0.6 is 0 Å². The average Bonchev–Trinajstić information content (AvgIpc) is 3.20. The van der Waals surface area contributed by atoms with E-state index in [0.717, 1.165) is 77.0 Å². The first-order valence-corrected chi connectivity index (χ1v) is 23.3. The fourth-order valence-electron chi connectivity index (χ4n) is 12.7. The molecular formula is C50H78O9. The zero-order chi connectivity index (χ0) is 42.6. The lowest BCUT2D eigenvalue weighted by Gasteiger charge is -2.57. The monoisotopic (exact) mass is 823 g/mol. The second kappa shape index (κ2) is 19.4. The molecule has 0 amide bonds. The average molecular weight is 823 g/mol. The van der Waals surface area contributed by atoms with Gasteiger partial charge in [-0.15, -0.1) is 0 Å². The number of rotatable bonds is 18. The lowest BCUT2D eigenvalue weighted by Crippen LogP contribution is -2.53. The van der Waals surface area contributed by atoms with E-state index < -0.39 is 23.0 Å². The Morgan fingerprint density at radius 1 is 0.610 bits per heavy atom. The van der Waals surface area contributed by atoms with Gasteiger partial charge in [-0.1, -0.05) is 89.8 Å². The summed E-state index contributed by atoms with van der Waals surface area (Å²) < 4.78 is 28.4. The van der Waals surface area contributed by atoms with E-state index in [4.69, 9.17) is 23.7 Å². The molecule has 2 fully saturated rings. The fraction of sp³-hybridized carbons (Fsp3) is 0.800. The van der Waals surface area contributed by atoms with Crippen molar-refractivity contribution in [1.29, 1.82) is 0 Å². The zero-order valence-electron chi connectivity index (χ0n) is 37.8. The highest BCUT2D eigenvalue weighted by Gasteiger charge is 2.59. The summed E-state index contributed by atoms with van der Waals surface area (Å²) in [5.41, 5.74) is 5.00. The van der Waals surface area contributed by atoms with Gasteiger partial charge in [0.05, 0.1) is 50.5 Å². The van der Waals surface area contributed by atoms with Crippen LogP contribution in [0, 0.1) is 57.2 Å². The SMILES string of the molecule is CC(C)C1=CC2=CCC3C(C)(C(=O)OCC(O)COCCOCCOCC(O)COC(=O)C4(C)CCCC5(C)C6CCC(C(C)C)=CC6=CCC45)CCCC3(C)C2CC1. The van der Waals surface area contributed by atoms with Crippen LogP contribution in [0.25, 0.3) is 0 Å². The van der Waals surface area contributed by atoms with Gasteiger partial charge in [0.1, 0.15) is 25.4 Å². The highest BCUT2D eigenvalue weighted by Crippen LogP contribution is 2.64. The molecule has 2 N–H and O–H groups in total. The van der Waals surface area contributed by atoms with Gasteiger partial charge >= 0.3 is 11.9 Å². The third-order valence-corrected chi connectivity index (χ3v) is 16.3. The van der Waals surface area contributed by atoms with Crippen molar-refractivity contribution in [2.24, 2.45) is 57.2 Å². The van der Waals surface area contributed by atoms with Crippen molar-refractivity contribution in [1.82, 2.24) is 0 Å². The maximum Gasteiger partial charge on any atom is 0.312 e. The molecule has 6 aliphatic rings. The molecule has 10 atom stereocenters. The first kappa shape index (κ1) is 46.2. The van der Waals surface area contributed by atoms with E-state index in [9.17, 15) is 19.8 Å². The lowest BCUT2D eigenvalue weighted by molar-refractivity contribution is -0.173. The van der Waals surface area contributed by atoms with E-state index in [2.05, 4.69) is 79.7 Å². The highest BCUT2D eigenvalue weighted by atomic mass is 16.6. The van der Waals surface area contributed by atoms with Crippen molar-refractivity contribution in [2.75, 3.05) is 52.9 Å². The summed E-state index contributed by atoms with van der Waals surface area (Å²) in [6.45, 7) is 19.1. The molecule has 0 radical (unpaired) electrons. The Bertz CT molecular complexity index is 1490. The number of carbonyl (C=O) groups is 2. The first-order chi connectivity index (χ1) is 28.0. The van der Waals surface area contributed by atoms with Gasteiger partial charge in [-0.3, -0.25) is 9.59 Å². The Balaban J connectivity index is 0.830. The van der Waals surface area contributed by atoms with Gasteiger partial charge < -0.3 is 33.9 Å². The highest BCUT2D eigenvalue weighted by molar-refractivity contribution is 5.78. The normalized spacial score (nSPS) is 35.2. The quantitative estimate of drug-likeness (QED) is 0.103.